The number of hydrogen-bond acceptors (Lipinski definition) is 2. The standard InChI is InChI=1S/C7H16O2/c1-6(2)7(3,9)4-5-8/h6,8-9H,4-5H2,1-3H3. The SMILES string of the molecule is CC(C)C(C)(O)CCO. The minimum Gasteiger partial charge on any atom is -0.396 e. The fourth-order valence-electron chi connectivity index (χ4n) is 0.515. The molecule has 0 spiro atoms. The van der Waals surface area contributed by atoms with Gasteiger partial charge in [-0.3, -0.25) is 0 Å². The second kappa shape index (κ2) is 3.18. The van der Waals surface area contributed by atoms with Crippen LogP contribution in [0.25, 0.3) is 0 Å². The Kier molecular flexibility index (Phi) is 3.15. The van der Waals surface area contributed by atoms with Crippen LogP contribution >= 0.6 is 0 Å². The monoisotopic (exact) mass is 132 g/mol. The average molecular weight is 132 g/mol. The van der Waals surface area contributed by atoms with E-state index in [-0.39, 0.29) is 12.5 Å². The van der Waals surface area contributed by atoms with Crippen molar-refractivity contribution >= 4 is 0 Å². The quantitative estimate of drug-likeness (QED) is 0.595. The zero-order chi connectivity index (χ0) is 7.49. The predicted molar refractivity (Wildman–Crippen MR) is 37.2 cm³/mol. The van der Waals surface area contributed by atoms with Gasteiger partial charge in [0.25, 0.3) is 0 Å². The Morgan fingerprint density at radius 3 is 2.00 bits per heavy atom. The molecule has 1 unspecified atom stereocenters. The van der Waals surface area contributed by atoms with Crippen LogP contribution in [-0.2, 0) is 0 Å². The summed E-state index contributed by atoms with van der Waals surface area (Å²) in [6, 6.07) is 0. The highest BCUT2D eigenvalue weighted by Crippen LogP contribution is 2.18. The molecule has 2 nitrogen and oxygen atoms in total. The minimum atomic E-state index is -0.700. The van der Waals surface area contributed by atoms with Gasteiger partial charge in [0.2, 0.25) is 0 Å². The largest absolute Gasteiger partial charge is 0.396 e. The third-order valence-corrected chi connectivity index (χ3v) is 1.86. The maximum Gasteiger partial charge on any atom is 0.0664 e. The molecule has 0 bridgehead atoms. The highest BCUT2D eigenvalue weighted by Gasteiger charge is 2.23. The van der Waals surface area contributed by atoms with E-state index >= 15 is 0 Å². The van der Waals surface area contributed by atoms with Gasteiger partial charge in [0.05, 0.1) is 5.60 Å². The normalized spacial score (nSPS) is 18.0. The first-order valence-corrected chi connectivity index (χ1v) is 3.34. The topological polar surface area (TPSA) is 40.5 Å². The van der Waals surface area contributed by atoms with E-state index < -0.39 is 5.60 Å². The van der Waals surface area contributed by atoms with E-state index in [1.54, 1.807) is 6.92 Å². The molecule has 0 fully saturated rings. The van der Waals surface area contributed by atoms with Crippen molar-refractivity contribution in [2.75, 3.05) is 6.61 Å². The average Bonchev–Trinajstić information content (AvgIpc) is 1.65. The molecular weight excluding hydrogens is 116 g/mol. The Bertz CT molecular complexity index is 77.0. The smallest absolute Gasteiger partial charge is 0.0664 e. The number of aliphatic hydroxyl groups excluding tert-OH is 1. The summed E-state index contributed by atoms with van der Waals surface area (Å²) in [5.74, 6) is 0.213. The molecule has 0 aromatic carbocycles. The zero-order valence-electron chi connectivity index (χ0n) is 6.39. The molecule has 0 amide bonds. The van der Waals surface area contributed by atoms with Crippen LogP contribution in [0, 0.1) is 5.92 Å². The van der Waals surface area contributed by atoms with Gasteiger partial charge >= 0.3 is 0 Å². The summed E-state index contributed by atoms with van der Waals surface area (Å²) in [5.41, 5.74) is -0.700. The van der Waals surface area contributed by atoms with E-state index in [9.17, 15) is 5.11 Å². The molecule has 56 valence electrons. The second-order valence-corrected chi connectivity index (χ2v) is 2.99. The van der Waals surface area contributed by atoms with Crippen LogP contribution in [0.2, 0.25) is 0 Å². The van der Waals surface area contributed by atoms with E-state index in [2.05, 4.69) is 0 Å². The summed E-state index contributed by atoms with van der Waals surface area (Å²) in [6.45, 7) is 5.68. The molecule has 9 heavy (non-hydrogen) atoms. The first-order chi connectivity index (χ1) is 4.00. The molecule has 0 heterocycles. The summed E-state index contributed by atoms with van der Waals surface area (Å²) >= 11 is 0. The van der Waals surface area contributed by atoms with Gasteiger partial charge in [-0.2, -0.15) is 0 Å². The molecule has 0 aliphatic heterocycles. The summed E-state index contributed by atoms with van der Waals surface area (Å²) in [6.07, 6.45) is 0.463. The highest BCUT2D eigenvalue weighted by molar-refractivity contribution is 4.75. The molecule has 0 saturated heterocycles. The first-order valence-electron chi connectivity index (χ1n) is 3.34. The van der Waals surface area contributed by atoms with Gasteiger partial charge < -0.3 is 10.2 Å². The van der Waals surface area contributed by atoms with Gasteiger partial charge in [-0.05, 0) is 19.3 Å². The molecule has 0 aromatic rings. The van der Waals surface area contributed by atoms with Gasteiger partial charge in [0, 0.05) is 6.61 Å². The molecule has 1 atom stereocenters. The molecule has 0 aromatic heterocycles. The van der Waals surface area contributed by atoms with Crippen molar-refractivity contribution in [1.82, 2.24) is 0 Å². The Hall–Kier alpha value is -0.0800. The zero-order valence-corrected chi connectivity index (χ0v) is 6.39. The van der Waals surface area contributed by atoms with E-state index in [1.165, 1.54) is 0 Å². The lowest BCUT2D eigenvalue weighted by Gasteiger charge is -2.26. The van der Waals surface area contributed by atoms with Crippen LogP contribution in [-0.4, -0.2) is 22.4 Å². The van der Waals surface area contributed by atoms with Crippen LogP contribution in [0.15, 0.2) is 0 Å². The fraction of sp³-hybridized carbons (Fsp3) is 1.00. The van der Waals surface area contributed by atoms with Gasteiger partial charge in [-0.15, -0.1) is 0 Å². The van der Waals surface area contributed by atoms with Crippen molar-refractivity contribution in [3.05, 3.63) is 0 Å². The Balaban J connectivity index is 3.70. The summed E-state index contributed by atoms with van der Waals surface area (Å²) in [5, 5.41) is 17.9. The van der Waals surface area contributed by atoms with Crippen LogP contribution in [0.3, 0.4) is 0 Å². The number of aliphatic hydroxyl groups is 2. The molecule has 2 heteroatoms. The van der Waals surface area contributed by atoms with Crippen molar-refractivity contribution in [3.8, 4) is 0 Å². The summed E-state index contributed by atoms with van der Waals surface area (Å²) in [7, 11) is 0. The van der Waals surface area contributed by atoms with Crippen molar-refractivity contribution < 1.29 is 10.2 Å². The van der Waals surface area contributed by atoms with E-state index in [0.29, 0.717) is 6.42 Å². The lowest BCUT2D eigenvalue weighted by molar-refractivity contribution is -0.00790. The van der Waals surface area contributed by atoms with Crippen LogP contribution < -0.4 is 0 Å². The molecule has 0 aliphatic carbocycles. The van der Waals surface area contributed by atoms with Crippen molar-refractivity contribution in [3.63, 3.8) is 0 Å². The third kappa shape index (κ3) is 2.82. The molecule has 0 saturated carbocycles. The number of hydrogen-bond donors (Lipinski definition) is 2. The Morgan fingerprint density at radius 2 is 1.89 bits per heavy atom. The van der Waals surface area contributed by atoms with Gasteiger partial charge in [-0.25, -0.2) is 0 Å². The molecule has 0 radical (unpaired) electrons. The lowest BCUT2D eigenvalue weighted by Crippen LogP contribution is -2.31. The van der Waals surface area contributed by atoms with Crippen molar-refractivity contribution in [2.45, 2.75) is 32.8 Å². The van der Waals surface area contributed by atoms with Gasteiger partial charge in [0.1, 0.15) is 0 Å². The van der Waals surface area contributed by atoms with Crippen LogP contribution in [0.4, 0.5) is 0 Å². The number of rotatable bonds is 3. The van der Waals surface area contributed by atoms with Crippen molar-refractivity contribution in [2.24, 2.45) is 5.92 Å². The van der Waals surface area contributed by atoms with E-state index in [1.807, 2.05) is 13.8 Å². The highest BCUT2D eigenvalue weighted by atomic mass is 16.3. The summed E-state index contributed by atoms with van der Waals surface area (Å²) < 4.78 is 0. The molecule has 0 rings (SSSR count). The minimum absolute atomic E-state index is 0.0607. The van der Waals surface area contributed by atoms with Crippen LogP contribution in [0.1, 0.15) is 27.2 Å². The predicted octanol–water partition coefficient (Wildman–Crippen LogP) is 0.776. The van der Waals surface area contributed by atoms with Crippen molar-refractivity contribution in [1.29, 1.82) is 0 Å². The van der Waals surface area contributed by atoms with Gasteiger partial charge in [-0.1, -0.05) is 13.8 Å². The van der Waals surface area contributed by atoms with Crippen LogP contribution in [0.5, 0.6) is 0 Å². The summed E-state index contributed by atoms with van der Waals surface area (Å²) in [4.78, 5) is 0. The first kappa shape index (κ1) is 8.92. The fourth-order valence-corrected chi connectivity index (χ4v) is 0.515. The van der Waals surface area contributed by atoms with E-state index in [4.69, 9.17) is 5.11 Å². The molecule has 2 N–H and O–H groups in total. The molecular formula is C7H16O2. The Morgan fingerprint density at radius 1 is 1.44 bits per heavy atom. The maximum atomic E-state index is 9.43. The third-order valence-electron chi connectivity index (χ3n) is 1.86. The lowest BCUT2D eigenvalue weighted by atomic mass is 9.90. The maximum absolute atomic E-state index is 9.43. The molecule has 0 aliphatic rings. The Labute approximate surface area is 56.5 Å². The van der Waals surface area contributed by atoms with Gasteiger partial charge in [0.15, 0.2) is 0 Å². The second-order valence-electron chi connectivity index (χ2n) is 2.99. The van der Waals surface area contributed by atoms with E-state index in [0.717, 1.165) is 0 Å².